The third-order valence-electron chi connectivity index (χ3n) is 0.368. The van der Waals surface area contributed by atoms with Gasteiger partial charge in [0.25, 0.3) is 0 Å². The molecule has 0 unspecified atom stereocenters. The zero-order valence-electron chi connectivity index (χ0n) is 3.95. The van der Waals surface area contributed by atoms with Crippen LogP contribution in [0.5, 0.6) is 0 Å². The molecule has 0 nitrogen and oxygen atoms in total. The van der Waals surface area contributed by atoms with Gasteiger partial charge in [0, 0.05) is 0 Å². The smallest absolute Gasteiger partial charge is 0.184 e. The maximum Gasteiger partial charge on any atom is 0.184 e. The Morgan fingerprint density at radius 2 is 2.43 bits per heavy atom. The lowest BCUT2D eigenvalue weighted by Gasteiger charge is -1.84. The molecule has 0 bridgehead atoms. The summed E-state index contributed by atoms with van der Waals surface area (Å²) in [6, 6.07) is 0. The molecule has 0 aromatic heterocycles. The van der Waals surface area contributed by atoms with Crippen LogP contribution in [0.3, 0.4) is 0 Å². The van der Waals surface area contributed by atoms with E-state index in [4.69, 9.17) is 0 Å². The Hall–Kier alpha value is -0.0500. The fourth-order valence-corrected chi connectivity index (χ4v) is 0.508. The summed E-state index contributed by atoms with van der Waals surface area (Å²) >= 11 is 0.851. The zero-order valence-corrected chi connectivity index (χ0v) is 4.77. The highest BCUT2D eigenvalue weighted by molar-refractivity contribution is 8.02. The van der Waals surface area contributed by atoms with Crippen LogP contribution in [0, 0.1) is 0 Å². The maximum atomic E-state index is 11.6. The third-order valence-corrected chi connectivity index (χ3v) is 1.02. The molecule has 0 aromatic rings. The Balaban J connectivity index is 3.17. The van der Waals surface area contributed by atoms with Gasteiger partial charge < -0.3 is 0 Å². The van der Waals surface area contributed by atoms with Crippen molar-refractivity contribution in [1.82, 2.24) is 0 Å². The molecule has 3 heteroatoms. The number of halogens is 2. The van der Waals surface area contributed by atoms with Crippen LogP contribution in [-0.2, 0) is 0 Å². The standard InChI is InChI=1S/C4H6F2S/c1-2-7-4(6)3-5/h3H,2H2,1H3/b4-3+. The second-order valence-electron chi connectivity index (χ2n) is 0.846. The van der Waals surface area contributed by atoms with E-state index in [0.717, 1.165) is 11.8 Å². The highest BCUT2D eigenvalue weighted by Crippen LogP contribution is 2.14. The van der Waals surface area contributed by atoms with Gasteiger partial charge in [0.15, 0.2) is 5.16 Å². The molecule has 0 saturated carbocycles. The van der Waals surface area contributed by atoms with Gasteiger partial charge in [-0.3, -0.25) is 0 Å². The predicted octanol–water partition coefficient (Wildman–Crippen LogP) is 2.48. The highest BCUT2D eigenvalue weighted by atomic mass is 32.2. The van der Waals surface area contributed by atoms with E-state index in [1.807, 2.05) is 0 Å². The van der Waals surface area contributed by atoms with Crippen LogP contribution in [-0.4, -0.2) is 5.75 Å². The predicted molar refractivity (Wildman–Crippen MR) is 28.4 cm³/mol. The van der Waals surface area contributed by atoms with Crippen LogP contribution >= 0.6 is 11.8 Å². The average molecular weight is 124 g/mol. The van der Waals surface area contributed by atoms with Crippen molar-refractivity contribution >= 4 is 11.8 Å². The number of hydrogen-bond acceptors (Lipinski definition) is 1. The molecular formula is C4H6F2S. The first-order valence-corrected chi connectivity index (χ1v) is 2.88. The first-order chi connectivity index (χ1) is 3.31. The number of hydrogen-bond donors (Lipinski definition) is 0. The molecule has 0 rings (SSSR count). The van der Waals surface area contributed by atoms with Gasteiger partial charge in [-0.1, -0.05) is 18.7 Å². The van der Waals surface area contributed by atoms with Crippen molar-refractivity contribution in [3.8, 4) is 0 Å². The monoisotopic (exact) mass is 124 g/mol. The molecule has 42 valence electrons. The topological polar surface area (TPSA) is 0 Å². The third kappa shape index (κ3) is 3.79. The lowest BCUT2D eigenvalue weighted by atomic mass is 11.0. The van der Waals surface area contributed by atoms with Crippen LogP contribution in [0.4, 0.5) is 8.78 Å². The summed E-state index contributed by atoms with van der Waals surface area (Å²) in [4.78, 5) is 0. The first-order valence-electron chi connectivity index (χ1n) is 1.90. The maximum absolute atomic E-state index is 11.6. The summed E-state index contributed by atoms with van der Waals surface area (Å²) in [6.07, 6.45) is -0.0336. The molecule has 0 amide bonds. The van der Waals surface area contributed by atoms with E-state index in [0.29, 0.717) is 5.75 Å². The van der Waals surface area contributed by atoms with Gasteiger partial charge in [-0.05, 0) is 5.75 Å². The van der Waals surface area contributed by atoms with Crippen LogP contribution in [0.1, 0.15) is 6.92 Å². The summed E-state index contributed by atoms with van der Waals surface area (Å²) in [5.41, 5.74) is 0. The van der Waals surface area contributed by atoms with Crippen molar-refractivity contribution in [3.05, 3.63) is 11.5 Å². The summed E-state index contributed by atoms with van der Waals surface area (Å²) in [7, 11) is 0. The van der Waals surface area contributed by atoms with Gasteiger partial charge in [-0.15, -0.1) is 0 Å². The minimum atomic E-state index is -0.748. The second kappa shape index (κ2) is 4.12. The van der Waals surface area contributed by atoms with Crippen molar-refractivity contribution in [2.24, 2.45) is 0 Å². The quantitative estimate of drug-likeness (QED) is 0.545. The van der Waals surface area contributed by atoms with Crippen LogP contribution in [0.2, 0.25) is 0 Å². The van der Waals surface area contributed by atoms with Crippen LogP contribution < -0.4 is 0 Å². The molecule has 0 fully saturated rings. The summed E-state index contributed by atoms with van der Waals surface area (Å²) < 4.78 is 22.6. The molecule has 0 aliphatic carbocycles. The molecule has 7 heavy (non-hydrogen) atoms. The highest BCUT2D eigenvalue weighted by Gasteiger charge is 1.88. The Kier molecular flexibility index (Phi) is 4.09. The lowest BCUT2D eigenvalue weighted by molar-refractivity contribution is 0.630. The summed E-state index contributed by atoms with van der Waals surface area (Å²) in [6.45, 7) is 1.76. The fraction of sp³-hybridized carbons (Fsp3) is 0.500. The Bertz CT molecular complexity index is 70.1. The summed E-state index contributed by atoms with van der Waals surface area (Å²) in [5.74, 6) is 0.576. The first kappa shape index (κ1) is 6.95. The van der Waals surface area contributed by atoms with Crippen molar-refractivity contribution < 1.29 is 8.78 Å². The van der Waals surface area contributed by atoms with E-state index in [2.05, 4.69) is 0 Å². The largest absolute Gasteiger partial charge is 0.212 e. The van der Waals surface area contributed by atoms with Gasteiger partial charge in [0.1, 0.15) is 6.33 Å². The van der Waals surface area contributed by atoms with Gasteiger partial charge in [-0.25, -0.2) is 4.39 Å². The van der Waals surface area contributed by atoms with Crippen LogP contribution in [0.25, 0.3) is 0 Å². The lowest BCUT2D eigenvalue weighted by Crippen LogP contribution is -1.62. The van der Waals surface area contributed by atoms with E-state index < -0.39 is 5.16 Å². The Labute approximate surface area is 45.6 Å². The molecule has 0 aliphatic heterocycles. The van der Waals surface area contributed by atoms with E-state index in [-0.39, 0.29) is 6.33 Å². The SMILES string of the molecule is CCS/C(F)=C/F. The van der Waals surface area contributed by atoms with Gasteiger partial charge >= 0.3 is 0 Å². The minimum absolute atomic E-state index is 0.0336. The Morgan fingerprint density at radius 1 is 1.86 bits per heavy atom. The fourth-order valence-electron chi connectivity index (χ4n) is 0.169. The molecule has 0 spiro atoms. The Morgan fingerprint density at radius 3 is 2.57 bits per heavy atom. The number of rotatable bonds is 2. The van der Waals surface area contributed by atoms with Crippen molar-refractivity contribution in [2.75, 3.05) is 5.75 Å². The zero-order chi connectivity index (χ0) is 5.70. The molecule has 0 aliphatic rings. The molecule has 0 radical (unpaired) electrons. The van der Waals surface area contributed by atoms with Gasteiger partial charge in [-0.2, -0.15) is 4.39 Å². The molecule has 0 atom stereocenters. The molecule has 0 aromatic carbocycles. The number of thioether (sulfide) groups is 1. The van der Waals surface area contributed by atoms with Crippen molar-refractivity contribution in [2.45, 2.75) is 6.92 Å². The van der Waals surface area contributed by atoms with E-state index in [9.17, 15) is 8.78 Å². The van der Waals surface area contributed by atoms with Gasteiger partial charge in [0.05, 0.1) is 0 Å². The average Bonchev–Trinajstić information content (AvgIpc) is 1.68. The second-order valence-corrected chi connectivity index (χ2v) is 2.10. The van der Waals surface area contributed by atoms with Crippen molar-refractivity contribution in [3.63, 3.8) is 0 Å². The molecule has 0 N–H and O–H groups in total. The normalized spacial score (nSPS) is 12.1. The minimum Gasteiger partial charge on any atom is -0.212 e. The van der Waals surface area contributed by atoms with Gasteiger partial charge in [0.2, 0.25) is 0 Å². The molecular weight excluding hydrogens is 118 g/mol. The summed E-state index contributed by atoms with van der Waals surface area (Å²) in [5, 5.41) is -0.748. The van der Waals surface area contributed by atoms with E-state index >= 15 is 0 Å². The molecule has 0 saturated heterocycles. The van der Waals surface area contributed by atoms with Crippen molar-refractivity contribution in [1.29, 1.82) is 0 Å². The van der Waals surface area contributed by atoms with E-state index in [1.54, 1.807) is 6.92 Å². The van der Waals surface area contributed by atoms with Crippen LogP contribution in [0.15, 0.2) is 11.5 Å². The molecule has 0 heterocycles. The van der Waals surface area contributed by atoms with E-state index in [1.165, 1.54) is 0 Å².